The maximum atomic E-state index is 5.24. The Bertz CT molecular complexity index is 734. The van der Waals surface area contributed by atoms with E-state index in [0.717, 1.165) is 34.1 Å². The fourth-order valence-electron chi connectivity index (χ4n) is 2.18. The van der Waals surface area contributed by atoms with Crippen molar-refractivity contribution >= 4 is 26.7 Å². The first kappa shape index (κ1) is 13.9. The predicted octanol–water partition coefficient (Wildman–Crippen LogP) is 4.48. The molecule has 4 heteroatoms. The van der Waals surface area contributed by atoms with Crippen molar-refractivity contribution in [2.45, 2.75) is 19.9 Å². The fourth-order valence-corrected chi connectivity index (χ4v) is 3.07. The van der Waals surface area contributed by atoms with Crippen LogP contribution in [0.25, 0.3) is 10.2 Å². The van der Waals surface area contributed by atoms with Crippen LogP contribution in [0.4, 0.5) is 5.13 Å². The lowest BCUT2D eigenvalue weighted by molar-refractivity contribution is 0.415. The summed E-state index contributed by atoms with van der Waals surface area (Å²) in [6, 6.07) is 14.7. The minimum Gasteiger partial charge on any atom is -0.497 e. The first-order valence-electron chi connectivity index (χ1n) is 7.05. The highest BCUT2D eigenvalue weighted by molar-refractivity contribution is 7.22. The number of hydrogen-bond acceptors (Lipinski definition) is 4. The van der Waals surface area contributed by atoms with Gasteiger partial charge in [0.25, 0.3) is 0 Å². The SMILES string of the molecule is CCc1ccc(CNc2nc3ccc(OC)cc3s2)cc1. The van der Waals surface area contributed by atoms with E-state index >= 15 is 0 Å². The van der Waals surface area contributed by atoms with Gasteiger partial charge in [0.15, 0.2) is 5.13 Å². The second-order valence-electron chi connectivity index (χ2n) is 4.88. The van der Waals surface area contributed by atoms with Crippen LogP contribution in [-0.4, -0.2) is 12.1 Å². The number of hydrogen-bond donors (Lipinski definition) is 1. The molecule has 0 aliphatic carbocycles. The lowest BCUT2D eigenvalue weighted by Crippen LogP contribution is -1.98. The van der Waals surface area contributed by atoms with E-state index < -0.39 is 0 Å². The summed E-state index contributed by atoms with van der Waals surface area (Å²) >= 11 is 1.65. The van der Waals surface area contributed by atoms with E-state index in [2.05, 4.69) is 41.5 Å². The highest BCUT2D eigenvalue weighted by Gasteiger charge is 2.05. The molecule has 0 bridgehead atoms. The minimum absolute atomic E-state index is 0.793. The molecule has 108 valence electrons. The van der Waals surface area contributed by atoms with Crippen LogP contribution in [0.1, 0.15) is 18.1 Å². The number of ether oxygens (including phenoxy) is 1. The van der Waals surface area contributed by atoms with Crippen molar-refractivity contribution in [2.75, 3.05) is 12.4 Å². The van der Waals surface area contributed by atoms with Crippen molar-refractivity contribution in [3.63, 3.8) is 0 Å². The van der Waals surface area contributed by atoms with Crippen molar-refractivity contribution in [3.05, 3.63) is 53.6 Å². The fraction of sp³-hybridized carbons (Fsp3) is 0.235. The average molecular weight is 298 g/mol. The van der Waals surface area contributed by atoms with Gasteiger partial charge in [-0.3, -0.25) is 0 Å². The Morgan fingerprint density at radius 2 is 1.86 bits per heavy atom. The lowest BCUT2D eigenvalue weighted by atomic mass is 10.1. The van der Waals surface area contributed by atoms with E-state index in [-0.39, 0.29) is 0 Å². The van der Waals surface area contributed by atoms with E-state index in [0.29, 0.717) is 0 Å². The summed E-state index contributed by atoms with van der Waals surface area (Å²) in [5.74, 6) is 0.868. The zero-order valence-electron chi connectivity index (χ0n) is 12.2. The van der Waals surface area contributed by atoms with E-state index in [1.165, 1.54) is 11.1 Å². The first-order chi connectivity index (χ1) is 10.3. The number of anilines is 1. The molecular weight excluding hydrogens is 280 g/mol. The standard InChI is InChI=1S/C17H18N2OS/c1-3-12-4-6-13(7-5-12)11-18-17-19-15-9-8-14(20-2)10-16(15)21-17/h4-10H,3,11H2,1-2H3,(H,18,19). The average Bonchev–Trinajstić information content (AvgIpc) is 2.95. The van der Waals surface area contributed by atoms with Crippen LogP contribution in [0, 0.1) is 0 Å². The third kappa shape index (κ3) is 3.16. The van der Waals surface area contributed by atoms with Gasteiger partial charge in [0, 0.05) is 6.54 Å². The number of rotatable bonds is 5. The summed E-state index contributed by atoms with van der Waals surface area (Å²) in [7, 11) is 1.68. The molecule has 3 rings (SSSR count). The highest BCUT2D eigenvalue weighted by atomic mass is 32.1. The van der Waals surface area contributed by atoms with Gasteiger partial charge in [-0.15, -0.1) is 0 Å². The van der Waals surface area contributed by atoms with Gasteiger partial charge in [0.05, 0.1) is 17.3 Å². The highest BCUT2D eigenvalue weighted by Crippen LogP contribution is 2.29. The number of methoxy groups -OCH3 is 1. The number of aromatic nitrogens is 1. The summed E-state index contributed by atoms with van der Waals surface area (Å²) in [5.41, 5.74) is 3.64. The molecule has 0 aliphatic heterocycles. The molecule has 1 heterocycles. The Morgan fingerprint density at radius 3 is 2.57 bits per heavy atom. The summed E-state index contributed by atoms with van der Waals surface area (Å²) < 4.78 is 6.38. The van der Waals surface area contributed by atoms with Gasteiger partial charge in [0.2, 0.25) is 0 Å². The Morgan fingerprint density at radius 1 is 1.10 bits per heavy atom. The minimum atomic E-state index is 0.793. The number of nitrogens with one attached hydrogen (secondary N) is 1. The Hall–Kier alpha value is -2.07. The first-order valence-corrected chi connectivity index (χ1v) is 7.86. The van der Waals surface area contributed by atoms with Crippen LogP contribution in [0.3, 0.4) is 0 Å². The summed E-state index contributed by atoms with van der Waals surface area (Å²) in [5, 5.41) is 4.33. The van der Waals surface area contributed by atoms with Crippen molar-refractivity contribution in [3.8, 4) is 5.75 Å². The third-order valence-corrected chi connectivity index (χ3v) is 4.45. The zero-order chi connectivity index (χ0) is 14.7. The van der Waals surface area contributed by atoms with Crippen LogP contribution in [0.15, 0.2) is 42.5 Å². The lowest BCUT2D eigenvalue weighted by Gasteiger charge is -2.03. The smallest absolute Gasteiger partial charge is 0.184 e. The molecule has 0 atom stereocenters. The van der Waals surface area contributed by atoms with E-state index in [4.69, 9.17) is 4.74 Å². The molecule has 0 aliphatic rings. The van der Waals surface area contributed by atoms with Crippen LogP contribution in [0.5, 0.6) is 5.75 Å². The molecule has 0 unspecified atom stereocenters. The maximum absolute atomic E-state index is 5.24. The van der Waals surface area contributed by atoms with Crippen LogP contribution in [0.2, 0.25) is 0 Å². The summed E-state index contributed by atoms with van der Waals surface area (Å²) in [4.78, 5) is 4.59. The van der Waals surface area contributed by atoms with Gasteiger partial charge in [-0.2, -0.15) is 0 Å². The van der Waals surface area contributed by atoms with Gasteiger partial charge < -0.3 is 10.1 Å². The summed E-state index contributed by atoms with van der Waals surface area (Å²) in [6.07, 6.45) is 1.08. The molecule has 0 amide bonds. The molecule has 0 saturated carbocycles. The Balaban J connectivity index is 1.72. The van der Waals surface area contributed by atoms with Gasteiger partial charge in [-0.05, 0) is 35.7 Å². The van der Waals surface area contributed by atoms with E-state index in [1.807, 2.05) is 18.2 Å². The second-order valence-corrected chi connectivity index (χ2v) is 5.91. The topological polar surface area (TPSA) is 34.2 Å². The maximum Gasteiger partial charge on any atom is 0.184 e. The summed E-state index contributed by atoms with van der Waals surface area (Å²) in [6.45, 7) is 2.96. The van der Waals surface area contributed by atoms with Crippen LogP contribution < -0.4 is 10.1 Å². The van der Waals surface area contributed by atoms with Crippen molar-refractivity contribution in [2.24, 2.45) is 0 Å². The monoisotopic (exact) mass is 298 g/mol. The molecule has 3 nitrogen and oxygen atoms in total. The molecule has 0 fully saturated rings. The molecular formula is C17H18N2OS. The molecule has 21 heavy (non-hydrogen) atoms. The molecule has 1 aromatic heterocycles. The number of aryl methyl sites for hydroxylation is 1. The molecule has 0 radical (unpaired) electrons. The van der Waals surface area contributed by atoms with Crippen LogP contribution >= 0.6 is 11.3 Å². The third-order valence-electron chi connectivity index (χ3n) is 3.47. The molecule has 1 N–H and O–H groups in total. The number of thiazole rings is 1. The number of benzene rings is 2. The van der Waals surface area contributed by atoms with Gasteiger partial charge in [-0.1, -0.05) is 42.5 Å². The quantitative estimate of drug-likeness (QED) is 0.754. The van der Waals surface area contributed by atoms with Crippen LogP contribution in [-0.2, 0) is 13.0 Å². The predicted molar refractivity (Wildman–Crippen MR) is 89.3 cm³/mol. The largest absolute Gasteiger partial charge is 0.497 e. The molecule has 2 aromatic carbocycles. The number of nitrogens with zero attached hydrogens (tertiary/aromatic N) is 1. The Kier molecular flexibility index (Phi) is 4.06. The van der Waals surface area contributed by atoms with Crippen molar-refractivity contribution in [1.29, 1.82) is 0 Å². The molecule has 0 saturated heterocycles. The molecule has 3 aromatic rings. The van der Waals surface area contributed by atoms with Gasteiger partial charge >= 0.3 is 0 Å². The van der Waals surface area contributed by atoms with Crippen molar-refractivity contribution < 1.29 is 4.74 Å². The number of fused-ring (bicyclic) bond motifs is 1. The normalized spacial score (nSPS) is 10.8. The van der Waals surface area contributed by atoms with E-state index in [9.17, 15) is 0 Å². The second kappa shape index (κ2) is 6.14. The van der Waals surface area contributed by atoms with Gasteiger partial charge in [0.1, 0.15) is 5.75 Å². The van der Waals surface area contributed by atoms with Crippen molar-refractivity contribution in [1.82, 2.24) is 4.98 Å². The zero-order valence-corrected chi connectivity index (χ0v) is 13.0. The van der Waals surface area contributed by atoms with Gasteiger partial charge in [-0.25, -0.2) is 4.98 Å². The molecule has 0 spiro atoms. The Labute approximate surface area is 128 Å². The van der Waals surface area contributed by atoms with E-state index in [1.54, 1.807) is 18.4 Å².